The highest BCUT2D eigenvalue weighted by Crippen LogP contribution is 2.23. The summed E-state index contributed by atoms with van der Waals surface area (Å²) < 4.78 is 0. The molecule has 154 valence electrons. The second kappa shape index (κ2) is 8.19. The molecule has 0 unspecified atom stereocenters. The molecular weight excluding hydrogens is 384 g/mol. The van der Waals surface area contributed by atoms with Gasteiger partial charge in [-0.25, -0.2) is 9.97 Å². The van der Waals surface area contributed by atoms with Crippen LogP contribution in [0, 0.1) is 6.92 Å². The topological polar surface area (TPSA) is 49.3 Å². The van der Waals surface area contributed by atoms with E-state index in [0.29, 0.717) is 13.1 Å². The fraction of sp³-hybridized carbons (Fsp3) is 0.192. The summed E-state index contributed by atoms with van der Waals surface area (Å²) in [5.41, 5.74) is 5.75. The molecule has 1 aliphatic rings. The van der Waals surface area contributed by atoms with Gasteiger partial charge in [0.25, 0.3) is 5.91 Å². The number of anilines is 1. The number of aromatic nitrogens is 2. The third-order valence-electron chi connectivity index (χ3n) is 5.83. The van der Waals surface area contributed by atoms with Crippen molar-refractivity contribution in [2.24, 2.45) is 0 Å². The second-order valence-electron chi connectivity index (χ2n) is 7.84. The van der Waals surface area contributed by atoms with E-state index in [4.69, 9.17) is 9.97 Å². The van der Waals surface area contributed by atoms with Crippen molar-refractivity contribution < 1.29 is 4.79 Å². The van der Waals surface area contributed by atoms with E-state index in [2.05, 4.69) is 17.0 Å². The summed E-state index contributed by atoms with van der Waals surface area (Å²) in [5, 5.41) is 0. The van der Waals surface area contributed by atoms with Crippen LogP contribution in [-0.4, -0.2) is 47.0 Å². The van der Waals surface area contributed by atoms with Gasteiger partial charge in [-0.15, -0.1) is 0 Å². The summed E-state index contributed by atoms with van der Waals surface area (Å²) in [5.74, 6) is 0.999. The van der Waals surface area contributed by atoms with Gasteiger partial charge in [-0.05, 0) is 42.3 Å². The first-order valence-corrected chi connectivity index (χ1v) is 10.6. The van der Waals surface area contributed by atoms with Crippen LogP contribution in [0.4, 0.5) is 5.82 Å². The van der Waals surface area contributed by atoms with Gasteiger partial charge in [0.15, 0.2) is 5.82 Å². The summed E-state index contributed by atoms with van der Waals surface area (Å²) in [6, 6.07) is 26.0. The van der Waals surface area contributed by atoms with Crippen LogP contribution in [0.1, 0.15) is 16.1 Å². The van der Waals surface area contributed by atoms with Gasteiger partial charge in [0.05, 0.1) is 16.7 Å². The largest absolute Gasteiger partial charge is 0.352 e. The first kappa shape index (κ1) is 19.2. The highest BCUT2D eigenvalue weighted by molar-refractivity contribution is 5.95. The van der Waals surface area contributed by atoms with E-state index in [1.165, 1.54) is 0 Å². The summed E-state index contributed by atoms with van der Waals surface area (Å²) in [6.45, 7) is 4.85. The number of hydrogen-bond donors (Lipinski definition) is 0. The lowest BCUT2D eigenvalue weighted by atomic mass is 10.0. The molecule has 3 aromatic carbocycles. The Bertz CT molecular complexity index is 1210. The third-order valence-corrected chi connectivity index (χ3v) is 5.83. The molecule has 5 rings (SSSR count). The zero-order valence-electron chi connectivity index (χ0n) is 17.5. The van der Waals surface area contributed by atoms with Crippen molar-refractivity contribution in [2.75, 3.05) is 31.1 Å². The lowest BCUT2D eigenvalue weighted by molar-refractivity contribution is 0.0746. The number of amides is 1. The summed E-state index contributed by atoms with van der Waals surface area (Å²) in [6.07, 6.45) is 0. The molecule has 5 nitrogen and oxygen atoms in total. The van der Waals surface area contributed by atoms with Gasteiger partial charge in [0.2, 0.25) is 0 Å². The Hall–Kier alpha value is -3.73. The van der Waals surface area contributed by atoms with Crippen molar-refractivity contribution in [3.63, 3.8) is 0 Å². The highest BCUT2D eigenvalue weighted by Gasteiger charge is 2.24. The van der Waals surface area contributed by atoms with Gasteiger partial charge in [-0.3, -0.25) is 4.79 Å². The number of nitrogens with zero attached hydrogens (tertiary/aromatic N) is 4. The van der Waals surface area contributed by atoms with Crippen LogP contribution in [0.3, 0.4) is 0 Å². The average molecular weight is 409 g/mol. The number of piperazine rings is 1. The lowest BCUT2D eigenvalue weighted by Crippen LogP contribution is -2.49. The predicted molar refractivity (Wildman–Crippen MR) is 124 cm³/mol. The third kappa shape index (κ3) is 3.87. The Balaban J connectivity index is 1.27. The average Bonchev–Trinajstić information content (AvgIpc) is 2.84. The Morgan fingerprint density at radius 3 is 1.97 bits per heavy atom. The van der Waals surface area contributed by atoms with Gasteiger partial charge in [-0.2, -0.15) is 0 Å². The smallest absolute Gasteiger partial charge is 0.253 e. The highest BCUT2D eigenvalue weighted by atomic mass is 16.2. The number of rotatable bonds is 3. The van der Waals surface area contributed by atoms with E-state index in [-0.39, 0.29) is 5.91 Å². The maximum Gasteiger partial charge on any atom is 0.253 e. The molecule has 1 aliphatic heterocycles. The molecule has 31 heavy (non-hydrogen) atoms. The number of carbonyl (C=O) groups excluding carboxylic acids is 1. The van der Waals surface area contributed by atoms with Crippen molar-refractivity contribution in [1.82, 2.24) is 14.9 Å². The summed E-state index contributed by atoms with van der Waals surface area (Å²) >= 11 is 0. The van der Waals surface area contributed by atoms with Gasteiger partial charge in [0, 0.05) is 31.7 Å². The van der Waals surface area contributed by atoms with Crippen LogP contribution in [-0.2, 0) is 0 Å². The van der Waals surface area contributed by atoms with E-state index in [1.807, 2.05) is 78.6 Å². The minimum Gasteiger partial charge on any atom is -0.352 e. The van der Waals surface area contributed by atoms with E-state index >= 15 is 0 Å². The molecule has 4 aromatic rings. The molecule has 0 radical (unpaired) electrons. The normalized spacial score (nSPS) is 14.1. The first-order valence-electron chi connectivity index (χ1n) is 10.6. The van der Waals surface area contributed by atoms with Gasteiger partial charge in [-0.1, -0.05) is 54.6 Å². The molecule has 0 atom stereocenters. The Kier molecular flexibility index (Phi) is 5.08. The van der Waals surface area contributed by atoms with Crippen LogP contribution >= 0.6 is 0 Å². The summed E-state index contributed by atoms with van der Waals surface area (Å²) in [4.78, 5) is 26.7. The molecule has 1 fully saturated rings. The summed E-state index contributed by atoms with van der Waals surface area (Å²) in [7, 11) is 0. The number of fused-ring (bicyclic) bond motifs is 1. The predicted octanol–water partition coefficient (Wildman–Crippen LogP) is 4.57. The number of carbonyl (C=O) groups is 1. The maximum absolute atomic E-state index is 13.0. The van der Waals surface area contributed by atoms with Gasteiger partial charge in [0.1, 0.15) is 0 Å². The van der Waals surface area contributed by atoms with Crippen molar-refractivity contribution in [1.29, 1.82) is 0 Å². The van der Waals surface area contributed by atoms with Crippen LogP contribution in [0.5, 0.6) is 0 Å². The van der Waals surface area contributed by atoms with Crippen molar-refractivity contribution in [2.45, 2.75) is 6.92 Å². The number of benzene rings is 3. The van der Waals surface area contributed by atoms with Crippen LogP contribution in [0.25, 0.3) is 22.2 Å². The van der Waals surface area contributed by atoms with Crippen molar-refractivity contribution >= 4 is 22.8 Å². The SMILES string of the molecule is Cc1nc2ccccc2nc1N1CCN(C(=O)c2ccc(-c3ccccc3)cc2)CC1. The zero-order valence-corrected chi connectivity index (χ0v) is 17.5. The molecule has 1 saturated heterocycles. The standard InChI is InChI=1S/C26H24N4O/c1-19-25(28-24-10-6-5-9-23(24)27-19)29-15-17-30(18-16-29)26(31)22-13-11-21(12-14-22)20-7-3-2-4-8-20/h2-14H,15-18H2,1H3. The maximum atomic E-state index is 13.0. The molecule has 1 amide bonds. The van der Waals surface area contributed by atoms with Crippen LogP contribution in [0.2, 0.25) is 0 Å². The fourth-order valence-corrected chi connectivity index (χ4v) is 4.12. The minimum absolute atomic E-state index is 0.0839. The van der Waals surface area contributed by atoms with E-state index in [9.17, 15) is 4.79 Å². The number of aryl methyl sites for hydroxylation is 1. The monoisotopic (exact) mass is 408 g/mol. The Labute approximate surface area is 182 Å². The van der Waals surface area contributed by atoms with E-state index in [1.54, 1.807) is 0 Å². The van der Waals surface area contributed by atoms with E-state index < -0.39 is 0 Å². The van der Waals surface area contributed by atoms with Crippen LogP contribution in [0.15, 0.2) is 78.9 Å². The zero-order chi connectivity index (χ0) is 21.2. The lowest BCUT2D eigenvalue weighted by Gasteiger charge is -2.36. The molecule has 0 bridgehead atoms. The molecule has 0 aliphatic carbocycles. The van der Waals surface area contributed by atoms with Crippen molar-refractivity contribution in [3.8, 4) is 11.1 Å². The van der Waals surface area contributed by atoms with E-state index in [0.717, 1.165) is 52.3 Å². The molecule has 1 aromatic heterocycles. The van der Waals surface area contributed by atoms with Gasteiger partial charge >= 0.3 is 0 Å². The van der Waals surface area contributed by atoms with Crippen molar-refractivity contribution in [3.05, 3.63) is 90.1 Å². The molecule has 0 saturated carbocycles. The molecular formula is C26H24N4O. The number of hydrogen-bond acceptors (Lipinski definition) is 4. The molecule has 2 heterocycles. The van der Waals surface area contributed by atoms with Crippen LogP contribution < -0.4 is 4.90 Å². The molecule has 0 N–H and O–H groups in total. The Morgan fingerprint density at radius 1 is 0.710 bits per heavy atom. The quantitative estimate of drug-likeness (QED) is 0.498. The first-order chi connectivity index (χ1) is 15.2. The van der Waals surface area contributed by atoms with Gasteiger partial charge < -0.3 is 9.80 Å². The molecule has 5 heteroatoms. The Morgan fingerprint density at radius 2 is 1.29 bits per heavy atom. The minimum atomic E-state index is 0.0839. The second-order valence-corrected chi connectivity index (χ2v) is 7.84. The fourth-order valence-electron chi connectivity index (χ4n) is 4.12. The molecule has 0 spiro atoms. The number of para-hydroxylation sites is 2.